The van der Waals surface area contributed by atoms with Gasteiger partial charge in [-0.25, -0.2) is 9.59 Å². The van der Waals surface area contributed by atoms with E-state index in [-0.39, 0.29) is 24.0 Å². The number of nitrogens with one attached hydrogen (secondary N) is 1. The van der Waals surface area contributed by atoms with E-state index < -0.39 is 18.1 Å². The molecule has 0 aliphatic heterocycles. The molecule has 0 saturated heterocycles. The fourth-order valence-electron chi connectivity index (χ4n) is 2.64. The Labute approximate surface area is 163 Å². The SMILES string of the molecule is CC(C)c1c(O)cc(/C=C/c2ccccc2)cc1OC(=O)NC(CN)C(=O)O. The molecule has 0 heterocycles. The molecule has 0 radical (unpaired) electrons. The van der Waals surface area contributed by atoms with E-state index in [0.29, 0.717) is 11.1 Å². The van der Waals surface area contributed by atoms with Crippen molar-refractivity contribution in [2.45, 2.75) is 25.8 Å². The molecule has 0 bridgehead atoms. The van der Waals surface area contributed by atoms with E-state index in [9.17, 15) is 14.7 Å². The third kappa shape index (κ3) is 5.59. The summed E-state index contributed by atoms with van der Waals surface area (Å²) in [4.78, 5) is 23.1. The molecule has 0 aliphatic carbocycles. The summed E-state index contributed by atoms with van der Waals surface area (Å²) in [7, 11) is 0. The summed E-state index contributed by atoms with van der Waals surface area (Å²) < 4.78 is 5.30. The summed E-state index contributed by atoms with van der Waals surface area (Å²) >= 11 is 0. The van der Waals surface area contributed by atoms with Gasteiger partial charge in [0.15, 0.2) is 0 Å². The quantitative estimate of drug-likeness (QED) is 0.544. The summed E-state index contributed by atoms with van der Waals surface area (Å²) in [6.45, 7) is 3.42. The first-order valence-corrected chi connectivity index (χ1v) is 8.83. The molecule has 2 rings (SSSR count). The van der Waals surface area contributed by atoms with Gasteiger partial charge >= 0.3 is 12.1 Å². The summed E-state index contributed by atoms with van der Waals surface area (Å²) in [5.41, 5.74) is 7.39. The van der Waals surface area contributed by atoms with Gasteiger partial charge in [0.05, 0.1) is 0 Å². The van der Waals surface area contributed by atoms with Crippen LogP contribution in [0, 0.1) is 0 Å². The second kappa shape index (κ2) is 9.57. The average molecular weight is 384 g/mol. The van der Waals surface area contributed by atoms with Crippen LogP contribution in [-0.2, 0) is 4.79 Å². The number of aliphatic carboxylic acids is 1. The molecule has 0 aliphatic rings. The molecule has 0 saturated carbocycles. The minimum Gasteiger partial charge on any atom is -0.507 e. The Hall–Kier alpha value is -3.32. The summed E-state index contributed by atoms with van der Waals surface area (Å²) in [6, 6.07) is 11.5. The maximum atomic E-state index is 12.1. The topological polar surface area (TPSA) is 122 Å². The Kier molecular flexibility index (Phi) is 7.17. The van der Waals surface area contributed by atoms with Crippen molar-refractivity contribution in [3.8, 4) is 11.5 Å². The number of benzene rings is 2. The first kappa shape index (κ1) is 21.0. The van der Waals surface area contributed by atoms with E-state index in [1.807, 2.05) is 50.3 Å². The van der Waals surface area contributed by atoms with Crippen molar-refractivity contribution in [1.29, 1.82) is 0 Å². The molecule has 148 valence electrons. The standard InChI is InChI=1S/C21H24N2O5/c1-13(2)19-17(24)10-15(9-8-14-6-4-3-5-7-14)11-18(19)28-21(27)23-16(12-22)20(25)26/h3-11,13,16,24H,12,22H2,1-2H3,(H,23,27)(H,25,26)/b9-8+. The van der Waals surface area contributed by atoms with E-state index in [2.05, 4.69) is 5.32 Å². The van der Waals surface area contributed by atoms with Gasteiger partial charge in [0.1, 0.15) is 17.5 Å². The van der Waals surface area contributed by atoms with Gasteiger partial charge in [0.2, 0.25) is 0 Å². The van der Waals surface area contributed by atoms with Crippen LogP contribution in [0.5, 0.6) is 11.5 Å². The Morgan fingerprint density at radius 1 is 1.14 bits per heavy atom. The molecule has 1 amide bonds. The second-order valence-electron chi connectivity index (χ2n) is 6.51. The minimum absolute atomic E-state index is 0.0124. The number of carboxylic acid groups (broad SMARTS) is 1. The smallest absolute Gasteiger partial charge is 0.413 e. The Morgan fingerprint density at radius 2 is 1.79 bits per heavy atom. The van der Waals surface area contributed by atoms with Gasteiger partial charge in [-0.15, -0.1) is 0 Å². The summed E-state index contributed by atoms with van der Waals surface area (Å²) in [6.07, 6.45) is 2.69. The zero-order chi connectivity index (χ0) is 20.7. The predicted octanol–water partition coefficient (Wildman–Crippen LogP) is 3.19. The van der Waals surface area contributed by atoms with E-state index in [0.717, 1.165) is 5.56 Å². The van der Waals surface area contributed by atoms with Crippen LogP contribution < -0.4 is 15.8 Å². The maximum Gasteiger partial charge on any atom is 0.413 e. The lowest BCUT2D eigenvalue weighted by Crippen LogP contribution is -2.46. The molecule has 7 heteroatoms. The lowest BCUT2D eigenvalue weighted by Gasteiger charge is -2.17. The third-order valence-electron chi connectivity index (χ3n) is 4.02. The number of hydrogen-bond donors (Lipinski definition) is 4. The molecule has 1 atom stereocenters. The van der Waals surface area contributed by atoms with Gasteiger partial charge in [-0.2, -0.15) is 0 Å². The van der Waals surface area contributed by atoms with Crippen LogP contribution in [0.1, 0.15) is 36.5 Å². The maximum absolute atomic E-state index is 12.1. The Bertz CT molecular complexity index is 863. The van der Waals surface area contributed by atoms with Crippen LogP contribution in [0.15, 0.2) is 42.5 Å². The van der Waals surface area contributed by atoms with Crippen LogP contribution in [-0.4, -0.2) is 34.9 Å². The highest BCUT2D eigenvalue weighted by Gasteiger charge is 2.22. The molecule has 7 nitrogen and oxygen atoms in total. The molecular weight excluding hydrogens is 360 g/mol. The number of rotatable bonds is 7. The largest absolute Gasteiger partial charge is 0.507 e. The fraction of sp³-hybridized carbons (Fsp3) is 0.238. The number of aromatic hydroxyl groups is 1. The van der Waals surface area contributed by atoms with E-state index >= 15 is 0 Å². The van der Waals surface area contributed by atoms with Crippen LogP contribution >= 0.6 is 0 Å². The van der Waals surface area contributed by atoms with Crippen LogP contribution in [0.25, 0.3) is 12.2 Å². The number of hydrogen-bond acceptors (Lipinski definition) is 5. The number of amides is 1. The highest BCUT2D eigenvalue weighted by atomic mass is 16.6. The van der Waals surface area contributed by atoms with Gasteiger partial charge < -0.3 is 26.0 Å². The van der Waals surface area contributed by atoms with Crippen molar-refractivity contribution >= 4 is 24.2 Å². The van der Waals surface area contributed by atoms with E-state index in [1.54, 1.807) is 18.2 Å². The van der Waals surface area contributed by atoms with Crippen molar-refractivity contribution in [1.82, 2.24) is 5.32 Å². The normalized spacial score (nSPS) is 12.1. The van der Waals surface area contributed by atoms with Crippen molar-refractivity contribution in [3.63, 3.8) is 0 Å². The molecule has 5 N–H and O–H groups in total. The molecule has 0 spiro atoms. The van der Waals surface area contributed by atoms with Gasteiger partial charge in [-0.3, -0.25) is 0 Å². The Morgan fingerprint density at radius 3 is 2.36 bits per heavy atom. The van der Waals surface area contributed by atoms with Crippen molar-refractivity contribution in [3.05, 3.63) is 59.2 Å². The molecule has 2 aromatic rings. The van der Waals surface area contributed by atoms with E-state index in [4.69, 9.17) is 15.6 Å². The number of carbonyl (C=O) groups is 2. The number of carbonyl (C=O) groups excluding carboxylic acids is 1. The third-order valence-corrected chi connectivity index (χ3v) is 4.02. The van der Waals surface area contributed by atoms with Gasteiger partial charge in [0, 0.05) is 12.1 Å². The van der Waals surface area contributed by atoms with Crippen LogP contribution in [0.4, 0.5) is 4.79 Å². The first-order valence-electron chi connectivity index (χ1n) is 8.83. The van der Waals surface area contributed by atoms with Crippen molar-refractivity contribution in [2.24, 2.45) is 5.73 Å². The Balaban J connectivity index is 2.30. The van der Waals surface area contributed by atoms with Gasteiger partial charge in [-0.1, -0.05) is 56.3 Å². The number of phenols is 1. The highest BCUT2D eigenvalue weighted by molar-refractivity contribution is 5.81. The van der Waals surface area contributed by atoms with E-state index in [1.165, 1.54) is 0 Å². The number of nitrogens with two attached hydrogens (primary N) is 1. The molecule has 0 aromatic heterocycles. The predicted molar refractivity (Wildman–Crippen MR) is 107 cm³/mol. The second-order valence-corrected chi connectivity index (χ2v) is 6.51. The zero-order valence-corrected chi connectivity index (χ0v) is 15.8. The molecule has 1 unspecified atom stereocenters. The summed E-state index contributed by atoms with van der Waals surface area (Å²) in [5, 5.41) is 21.6. The van der Waals surface area contributed by atoms with Crippen LogP contribution in [0.2, 0.25) is 0 Å². The highest BCUT2D eigenvalue weighted by Crippen LogP contribution is 2.36. The zero-order valence-electron chi connectivity index (χ0n) is 15.8. The fourth-order valence-corrected chi connectivity index (χ4v) is 2.64. The molecule has 28 heavy (non-hydrogen) atoms. The minimum atomic E-state index is -1.26. The average Bonchev–Trinajstić information content (AvgIpc) is 2.64. The van der Waals surface area contributed by atoms with Crippen LogP contribution in [0.3, 0.4) is 0 Å². The van der Waals surface area contributed by atoms with Gasteiger partial charge in [0.25, 0.3) is 0 Å². The molecule has 2 aromatic carbocycles. The summed E-state index contributed by atoms with van der Waals surface area (Å²) in [5.74, 6) is -1.24. The lowest BCUT2D eigenvalue weighted by molar-refractivity contribution is -0.139. The molecular formula is C21H24N2O5. The molecule has 0 fully saturated rings. The monoisotopic (exact) mass is 384 g/mol. The first-order chi connectivity index (χ1) is 13.3. The van der Waals surface area contributed by atoms with Gasteiger partial charge in [-0.05, 0) is 29.2 Å². The number of ether oxygens (including phenoxy) is 1. The van der Waals surface area contributed by atoms with Crippen molar-refractivity contribution in [2.75, 3.05) is 6.54 Å². The number of carboxylic acids is 1. The van der Waals surface area contributed by atoms with Crippen molar-refractivity contribution < 1.29 is 24.5 Å². The number of phenolic OH excluding ortho intramolecular Hbond substituents is 1. The lowest BCUT2D eigenvalue weighted by atomic mass is 9.98.